The molecule has 1 aliphatic carbocycles. The number of rotatable bonds is 6. The summed E-state index contributed by atoms with van der Waals surface area (Å²) in [6.45, 7) is 4.05. The number of imide groups is 1. The Balaban J connectivity index is 1.58. The Hall–Kier alpha value is -2.37. The summed E-state index contributed by atoms with van der Waals surface area (Å²) in [5.74, 6) is 0.0373. The summed E-state index contributed by atoms with van der Waals surface area (Å²) >= 11 is 0. The number of methoxy groups -OCH3 is 1. The van der Waals surface area contributed by atoms with Crippen LogP contribution >= 0.6 is 0 Å². The van der Waals surface area contributed by atoms with Crippen molar-refractivity contribution in [2.45, 2.75) is 52.0 Å². The smallest absolute Gasteiger partial charge is 0.233 e. The molecule has 3 atom stereocenters. The molecular formula is C21H28N2O4. The van der Waals surface area contributed by atoms with Crippen LogP contribution in [-0.4, -0.2) is 36.3 Å². The molecule has 146 valence electrons. The predicted molar refractivity (Wildman–Crippen MR) is 101 cm³/mol. The highest BCUT2D eigenvalue weighted by Gasteiger charge is 2.47. The molecule has 1 aliphatic heterocycles. The summed E-state index contributed by atoms with van der Waals surface area (Å²) in [4.78, 5) is 38.7. The molecule has 1 N–H and O–H groups in total. The number of aryl methyl sites for hydroxylation is 1. The van der Waals surface area contributed by atoms with Crippen molar-refractivity contribution < 1.29 is 19.1 Å². The molecule has 1 heterocycles. The van der Waals surface area contributed by atoms with E-state index in [-0.39, 0.29) is 48.6 Å². The molecule has 3 rings (SSSR count). The summed E-state index contributed by atoms with van der Waals surface area (Å²) in [5, 5.41) is 2.95. The minimum Gasteiger partial charge on any atom is -0.496 e. The van der Waals surface area contributed by atoms with Gasteiger partial charge < -0.3 is 10.1 Å². The SMILES string of the molecule is COc1ccc(C)cc1[C@H](C)NC(=O)CCN1C(=O)[C@H]2CCCC[C@H]2C1=O. The van der Waals surface area contributed by atoms with Crippen molar-refractivity contribution >= 4 is 17.7 Å². The lowest BCUT2D eigenvalue weighted by atomic mass is 9.81. The second-order valence-corrected chi connectivity index (χ2v) is 7.61. The van der Waals surface area contributed by atoms with Gasteiger partial charge in [-0.25, -0.2) is 0 Å². The van der Waals surface area contributed by atoms with Gasteiger partial charge in [-0.1, -0.05) is 30.5 Å². The van der Waals surface area contributed by atoms with E-state index in [0.717, 1.165) is 42.6 Å². The van der Waals surface area contributed by atoms with E-state index in [1.54, 1.807) is 7.11 Å². The Kier molecular flexibility index (Phi) is 5.82. The van der Waals surface area contributed by atoms with E-state index in [9.17, 15) is 14.4 Å². The van der Waals surface area contributed by atoms with Crippen LogP contribution in [0.1, 0.15) is 56.2 Å². The van der Waals surface area contributed by atoms with Gasteiger partial charge in [0.2, 0.25) is 17.7 Å². The lowest BCUT2D eigenvalue weighted by molar-refractivity contribution is -0.140. The van der Waals surface area contributed by atoms with Gasteiger partial charge in [-0.2, -0.15) is 0 Å². The van der Waals surface area contributed by atoms with E-state index in [1.807, 2.05) is 32.0 Å². The largest absolute Gasteiger partial charge is 0.496 e. The zero-order chi connectivity index (χ0) is 19.6. The molecular weight excluding hydrogens is 344 g/mol. The van der Waals surface area contributed by atoms with Gasteiger partial charge in [-0.15, -0.1) is 0 Å². The molecule has 0 unspecified atom stereocenters. The lowest BCUT2D eigenvalue weighted by Crippen LogP contribution is -2.36. The Morgan fingerprint density at radius 3 is 2.44 bits per heavy atom. The van der Waals surface area contributed by atoms with Gasteiger partial charge in [-0.05, 0) is 32.8 Å². The van der Waals surface area contributed by atoms with Gasteiger partial charge in [0.1, 0.15) is 5.75 Å². The first kappa shape index (κ1) is 19.4. The van der Waals surface area contributed by atoms with Crippen molar-refractivity contribution in [3.8, 4) is 5.75 Å². The number of carbonyl (C=O) groups excluding carboxylic acids is 3. The van der Waals surface area contributed by atoms with Gasteiger partial charge in [0.15, 0.2) is 0 Å². The van der Waals surface area contributed by atoms with Crippen LogP contribution in [-0.2, 0) is 14.4 Å². The van der Waals surface area contributed by atoms with Gasteiger partial charge in [0.25, 0.3) is 0 Å². The van der Waals surface area contributed by atoms with Crippen LogP contribution in [0.4, 0.5) is 0 Å². The maximum absolute atomic E-state index is 12.5. The zero-order valence-electron chi connectivity index (χ0n) is 16.3. The van der Waals surface area contributed by atoms with Gasteiger partial charge in [0, 0.05) is 18.5 Å². The Morgan fingerprint density at radius 1 is 1.22 bits per heavy atom. The molecule has 1 aromatic rings. The second kappa shape index (κ2) is 8.11. The second-order valence-electron chi connectivity index (χ2n) is 7.61. The van der Waals surface area contributed by atoms with Gasteiger partial charge >= 0.3 is 0 Å². The molecule has 1 saturated carbocycles. The molecule has 2 fully saturated rings. The van der Waals surface area contributed by atoms with Crippen molar-refractivity contribution in [1.29, 1.82) is 0 Å². The number of hydrogen-bond acceptors (Lipinski definition) is 4. The van der Waals surface area contributed by atoms with E-state index >= 15 is 0 Å². The van der Waals surface area contributed by atoms with Crippen LogP contribution in [0.5, 0.6) is 5.75 Å². The van der Waals surface area contributed by atoms with Crippen LogP contribution < -0.4 is 10.1 Å². The number of fused-ring (bicyclic) bond motifs is 1. The molecule has 1 saturated heterocycles. The van der Waals surface area contributed by atoms with E-state index in [1.165, 1.54) is 4.90 Å². The minimum absolute atomic E-state index is 0.0918. The number of benzene rings is 1. The summed E-state index contributed by atoms with van der Waals surface area (Å²) in [5.41, 5.74) is 1.99. The van der Waals surface area contributed by atoms with Crippen molar-refractivity contribution in [3.05, 3.63) is 29.3 Å². The Morgan fingerprint density at radius 2 is 1.85 bits per heavy atom. The minimum atomic E-state index is -0.222. The molecule has 27 heavy (non-hydrogen) atoms. The number of carbonyl (C=O) groups is 3. The number of amides is 3. The third kappa shape index (κ3) is 3.99. The normalized spacial score (nSPS) is 23.1. The number of nitrogens with one attached hydrogen (secondary N) is 1. The predicted octanol–water partition coefficient (Wildman–Crippen LogP) is 2.75. The quantitative estimate of drug-likeness (QED) is 0.779. The van der Waals surface area contributed by atoms with Crippen LogP contribution in [0.2, 0.25) is 0 Å². The lowest BCUT2D eigenvalue weighted by Gasteiger charge is -2.19. The average molecular weight is 372 g/mol. The summed E-state index contributed by atoms with van der Waals surface area (Å²) in [6.07, 6.45) is 3.72. The van der Waals surface area contributed by atoms with E-state index < -0.39 is 0 Å². The van der Waals surface area contributed by atoms with Crippen LogP contribution in [0.15, 0.2) is 18.2 Å². The Bertz CT molecular complexity index is 722. The molecule has 3 amide bonds. The molecule has 0 aromatic heterocycles. The van der Waals surface area contributed by atoms with E-state index in [0.29, 0.717) is 0 Å². The fourth-order valence-electron chi connectivity index (χ4n) is 4.25. The highest BCUT2D eigenvalue weighted by Crippen LogP contribution is 2.38. The average Bonchev–Trinajstić information content (AvgIpc) is 2.91. The number of nitrogens with zero attached hydrogens (tertiary/aromatic N) is 1. The van der Waals surface area contributed by atoms with Crippen LogP contribution in [0, 0.1) is 18.8 Å². The highest BCUT2D eigenvalue weighted by atomic mass is 16.5. The third-order valence-corrected chi connectivity index (χ3v) is 5.72. The van der Waals surface area contributed by atoms with Crippen molar-refractivity contribution in [1.82, 2.24) is 10.2 Å². The van der Waals surface area contributed by atoms with E-state index in [4.69, 9.17) is 4.74 Å². The molecule has 6 heteroatoms. The van der Waals surface area contributed by atoms with Crippen LogP contribution in [0.25, 0.3) is 0 Å². The monoisotopic (exact) mass is 372 g/mol. The molecule has 1 aromatic carbocycles. The summed E-state index contributed by atoms with van der Waals surface area (Å²) in [6, 6.07) is 5.61. The Labute approximate surface area is 160 Å². The van der Waals surface area contributed by atoms with Gasteiger partial charge in [0.05, 0.1) is 25.0 Å². The van der Waals surface area contributed by atoms with Crippen molar-refractivity contribution in [2.24, 2.45) is 11.8 Å². The summed E-state index contributed by atoms with van der Waals surface area (Å²) < 4.78 is 5.38. The number of hydrogen-bond donors (Lipinski definition) is 1. The first-order valence-corrected chi connectivity index (χ1v) is 9.71. The maximum atomic E-state index is 12.5. The zero-order valence-corrected chi connectivity index (χ0v) is 16.3. The fraction of sp³-hybridized carbons (Fsp3) is 0.571. The number of likely N-dealkylation sites (tertiary alicyclic amines) is 1. The first-order valence-electron chi connectivity index (χ1n) is 9.71. The van der Waals surface area contributed by atoms with Crippen LogP contribution in [0.3, 0.4) is 0 Å². The third-order valence-electron chi connectivity index (χ3n) is 5.72. The molecule has 2 aliphatic rings. The highest BCUT2D eigenvalue weighted by molar-refractivity contribution is 6.05. The van der Waals surface area contributed by atoms with Gasteiger partial charge in [-0.3, -0.25) is 19.3 Å². The first-order chi connectivity index (χ1) is 12.9. The van der Waals surface area contributed by atoms with E-state index in [2.05, 4.69) is 5.32 Å². The van der Waals surface area contributed by atoms with Crippen molar-refractivity contribution in [2.75, 3.05) is 13.7 Å². The fourth-order valence-corrected chi connectivity index (χ4v) is 4.25. The maximum Gasteiger partial charge on any atom is 0.233 e. The molecule has 0 spiro atoms. The molecule has 6 nitrogen and oxygen atoms in total. The topological polar surface area (TPSA) is 75.7 Å². The number of ether oxygens (including phenoxy) is 1. The van der Waals surface area contributed by atoms with Crippen molar-refractivity contribution in [3.63, 3.8) is 0 Å². The summed E-state index contributed by atoms with van der Waals surface area (Å²) in [7, 11) is 1.60. The molecule has 0 radical (unpaired) electrons. The molecule has 0 bridgehead atoms. The standard InChI is InChI=1S/C21H28N2O4/c1-13-8-9-18(27-3)17(12-13)14(2)22-19(24)10-11-23-20(25)15-6-4-5-7-16(15)21(23)26/h8-9,12,14-16H,4-7,10-11H2,1-3H3,(H,22,24)/t14-,15-,16+/m0/s1.